The Hall–Kier alpha value is -3.46. The Kier molecular flexibility index (Phi) is 5.13. The van der Waals surface area contributed by atoms with E-state index in [0.717, 1.165) is 11.1 Å². The molecule has 1 amide bonds. The van der Waals surface area contributed by atoms with Crippen LogP contribution in [0.15, 0.2) is 41.5 Å². The van der Waals surface area contributed by atoms with Gasteiger partial charge in [0.25, 0.3) is 11.6 Å². The number of ether oxygens (including phenoxy) is 2. The molecule has 0 radical (unpaired) electrons. The van der Waals surface area contributed by atoms with Crippen LogP contribution in [0.4, 0.5) is 5.69 Å². The van der Waals surface area contributed by atoms with Crippen molar-refractivity contribution < 1.29 is 19.2 Å². The van der Waals surface area contributed by atoms with E-state index >= 15 is 0 Å². The standard InChI is InChI=1S/C21H22N4O5/c1-13-8-15-9-18-19(30-12-29-18)10-17(15)21(22-24(13)20(26)11-23(2)3)14-4-6-16(7-5-14)25(27)28/h4-7,9-10,13H,8,11-12H2,1-3H3. The molecule has 2 heterocycles. The first-order valence-corrected chi connectivity index (χ1v) is 9.56. The summed E-state index contributed by atoms with van der Waals surface area (Å²) in [5, 5.41) is 17.3. The van der Waals surface area contributed by atoms with Gasteiger partial charge in [0.05, 0.1) is 23.2 Å². The van der Waals surface area contributed by atoms with Gasteiger partial charge in [-0.3, -0.25) is 14.9 Å². The van der Waals surface area contributed by atoms with E-state index in [1.165, 1.54) is 17.1 Å². The molecule has 0 aromatic heterocycles. The highest BCUT2D eigenvalue weighted by molar-refractivity contribution is 6.14. The summed E-state index contributed by atoms with van der Waals surface area (Å²) in [6, 6.07) is 9.79. The van der Waals surface area contributed by atoms with Crippen molar-refractivity contribution in [3.63, 3.8) is 0 Å². The smallest absolute Gasteiger partial charge is 0.269 e. The van der Waals surface area contributed by atoms with Gasteiger partial charge in [0.2, 0.25) is 6.79 Å². The van der Waals surface area contributed by atoms with Crippen LogP contribution in [0.3, 0.4) is 0 Å². The van der Waals surface area contributed by atoms with E-state index in [-0.39, 0.29) is 31.0 Å². The molecule has 4 rings (SSSR count). The van der Waals surface area contributed by atoms with Crippen LogP contribution in [0.5, 0.6) is 11.5 Å². The van der Waals surface area contributed by atoms with Crippen LogP contribution in [0.1, 0.15) is 23.6 Å². The number of fused-ring (bicyclic) bond motifs is 2. The van der Waals surface area contributed by atoms with Crippen molar-refractivity contribution in [1.29, 1.82) is 0 Å². The number of nitrogens with zero attached hydrogens (tertiary/aromatic N) is 4. The Morgan fingerprint density at radius 2 is 1.90 bits per heavy atom. The number of hydrazone groups is 1. The number of hydrogen-bond acceptors (Lipinski definition) is 7. The number of carbonyl (C=O) groups excluding carboxylic acids is 1. The molecule has 0 bridgehead atoms. The van der Waals surface area contributed by atoms with Gasteiger partial charge in [0, 0.05) is 23.3 Å². The molecule has 0 N–H and O–H groups in total. The lowest BCUT2D eigenvalue weighted by Gasteiger charge is -2.24. The number of non-ortho nitro benzene ring substituents is 1. The molecule has 0 saturated heterocycles. The molecule has 0 saturated carbocycles. The molecular formula is C21H22N4O5. The minimum atomic E-state index is -0.445. The van der Waals surface area contributed by atoms with E-state index in [1.807, 2.05) is 33.2 Å². The van der Waals surface area contributed by atoms with E-state index in [4.69, 9.17) is 14.6 Å². The van der Waals surface area contributed by atoms with Crippen molar-refractivity contribution in [3.05, 3.63) is 63.2 Å². The molecule has 9 nitrogen and oxygen atoms in total. The van der Waals surface area contributed by atoms with Crippen molar-refractivity contribution >= 4 is 17.3 Å². The Bertz CT molecular complexity index is 1030. The summed E-state index contributed by atoms with van der Waals surface area (Å²) in [5.41, 5.74) is 3.03. The van der Waals surface area contributed by atoms with Crippen molar-refractivity contribution in [2.24, 2.45) is 5.10 Å². The zero-order chi connectivity index (χ0) is 21.4. The van der Waals surface area contributed by atoms with Crippen molar-refractivity contribution in [2.45, 2.75) is 19.4 Å². The molecule has 2 aliphatic heterocycles. The van der Waals surface area contributed by atoms with Gasteiger partial charge in [0.1, 0.15) is 0 Å². The average Bonchev–Trinajstić information content (AvgIpc) is 3.09. The van der Waals surface area contributed by atoms with Gasteiger partial charge in [-0.1, -0.05) is 0 Å². The molecule has 0 spiro atoms. The minimum Gasteiger partial charge on any atom is -0.454 e. The summed E-state index contributed by atoms with van der Waals surface area (Å²) in [6.45, 7) is 2.33. The fourth-order valence-electron chi connectivity index (χ4n) is 3.64. The van der Waals surface area contributed by atoms with Gasteiger partial charge in [-0.2, -0.15) is 5.10 Å². The number of benzene rings is 2. The zero-order valence-corrected chi connectivity index (χ0v) is 17.0. The molecule has 2 aromatic rings. The highest BCUT2D eigenvalue weighted by atomic mass is 16.7. The number of hydrogen-bond donors (Lipinski definition) is 0. The summed E-state index contributed by atoms with van der Waals surface area (Å²) >= 11 is 0. The van der Waals surface area contributed by atoms with E-state index in [0.29, 0.717) is 29.2 Å². The van der Waals surface area contributed by atoms with Crippen LogP contribution in [-0.2, 0) is 11.2 Å². The maximum Gasteiger partial charge on any atom is 0.269 e. The van der Waals surface area contributed by atoms with Crippen LogP contribution in [-0.4, -0.2) is 59.9 Å². The topological polar surface area (TPSA) is 97.5 Å². The van der Waals surface area contributed by atoms with E-state index in [1.54, 1.807) is 17.0 Å². The molecule has 0 aliphatic carbocycles. The lowest BCUT2D eigenvalue weighted by molar-refractivity contribution is -0.384. The van der Waals surface area contributed by atoms with Crippen LogP contribution in [0.25, 0.3) is 0 Å². The number of carbonyl (C=O) groups is 1. The maximum atomic E-state index is 12.9. The van der Waals surface area contributed by atoms with Crippen LogP contribution < -0.4 is 9.47 Å². The summed E-state index contributed by atoms with van der Waals surface area (Å²) < 4.78 is 11.1. The molecule has 2 aromatic carbocycles. The summed E-state index contributed by atoms with van der Waals surface area (Å²) in [4.78, 5) is 25.3. The second kappa shape index (κ2) is 7.75. The van der Waals surface area contributed by atoms with Gasteiger partial charge >= 0.3 is 0 Å². The molecular weight excluding hydrogens is 388 g/mol. The second-order valence-electron chi connectivity index (χ2n) is 7.64. The molecule has 9 heteroatoms. The van der Waals surface area contributed by atoms with Gasteiger partial charge < -0.3 is 14.4 Å². The van der Waals surface area contributed by atoms with Crippen LogP contribution >= 0.6 is 0 Å². The normalized spacial score (nSPS) is 17.4. The third-order valence-corrected chi connectivity index (χ3v) is 5.05. The zero-order valence-electron chi connectivity index (χ0n) is 17.0. The number of likely N-dealkylation sites (N-methyl/N-ethyl adjacent to an activating group) is 1. The van der Waals surface area contributed by atoms with Gasteiger partial charge in [-0.25, -0.2) is 5.01 Å². The largest absolute Gasteiger partial charge is 0.454 e. The highest BCUT2D eigenvalue weighted by Gasteiger charge is 2.30. The number of rotatable bonds is 4. The Labute approximate surface area is 173 Å². The second-order valence-corrected chi connectivity index (χ2v) is 7.64. The molecule has 156 valence electrons. The maximum absolute atomic E-state index is 12.9. The molecule has 30 heavy (non-hydrogen) atoms. The lowest BCUT2D eigenvalue weighted by Crippen LogP contribution is -2.40. The summed E-state index contributed by atoms with van der Waals surface area (Å²) in [6.07, 6.45) is 0.588. The third kappa shape index (κ3) is 3.71. The number of amides is 1. The monoisotopic (exact) mass is 410 g/mol. The minimum absolute atomic E-state index is 0.00668. The average molecular weight is 410 g/mol. The van der Waals surface area contributed by atoms with Crippen molar-refractivity contribution in [2.75, 3.05) is 27.4 Å². The lowest BCUT2D eigenvalue weighted by atomic mass is 9.94. The van der Waals surface area contributed by atoms with Gasteiger partial charge in [0.15, 0.2) is 11.5 Å². The SMILES string of the molecule is CC1Cc2cc3c(cc2C(c2ccc([N+](=O)[O-])cc2)=NN1C(=O)CN(C)C)OCO3. The Morgan fingerprint density at radius 3 is 2.53 bits per heavy atom. The Morgan fingerprint density at radius 1 is 1.23 bits per heavy atom. The highest BCUT2D eigenvalue weighted by Crippen LogP contribution is 2.37. The van der Waals surface area contributed by atoms with Gasteiger partial charge in [-0.15, -0.1) is 0 Å². The molecule has 2 aliphatic rings. The molecule has 1 atom stereocenters. The van der Waals surface area contributed by atoms with Crippen LogP contribution in [0, 0.1) is 10.1 Å². The fourth-order valence-corrected chi connectivity index (χ4v) is 3.64. The van der Waals surface area contributed by atoms with Gasteiger partial charge in [-0.05, 0) is 57.3 Å². The van der Waals surface area contributed by atoms with Crippen molar-refractivity contribution in [3.8, 4) is 11.5 Å². The fraction of sp³-hybridized carbons (Fsp3) is 0.333. The summed E-state index contributed by atoms with van der Waals surface area (Å²) in [5.74, 6) is 1.15. The predicted molar refractivity (Wildman–Crippen MR) is 110 cm³/mol. The first-order chi connectivity index (χ1) is 14.3. The first-order valence-electron chi connectivity index (χ1n) is 9.56. The molecule has 1 unspecified atom stereocenters. The van der Waals surface area contributed by atoms with E-state index < -0.39 is 4.92 Å². The van der Waals surface area contributed by atoms with Crippen molar-refractivity contribution in [1.82, 2.24) is 9.91 Å². The number of nitro benzene ring substituents is 1. The van der Waals surface area contributed by atoms with Crippen LogP contribution in [0.2, 0.25) is 0 Å². The quantitative estimate of drug-likeness (QED) is 0.567. The Balaban J connectivity index is 1.84. The first kappa shape index (κ1) is 19.8. The van der Waals surface area contributed by atoms with E-state index in [9.17, 15) is 14.9 Å². The third-order valence-electron chi connectivity index (χ3n) is 5.05. The van der Waals surface area contributed by atoms with E-state index in [2.05, 4.69) is 0 Å². The predicted octanol–water partition coefficient (Wildman–Crippen LogP) is 2.41. The number of nitro groups is 1. The summed E-state index contributed by atoms with van der Waals surface area (Å²) in [7, 11) is 3.66. The molecule has 0 fully saturated rings.